The van der Waals surface area contributed by atoms with E-state index in [2.05, 4.69) is 0 Å². The van der Waals surface area contributed by atoms with Gasteiger partial charge < -0.3 is 5.11 Å². The summed E-state index contributed by atoms with van der Waals surface area (Å²) >= 11 is 0. The lowest BCUT2D eigenvalue weighted by Crippen LogP contribution is -2.24. The normalized spacial score (nSPS) is 12.7. The van der Waals surface area contributed by atoms with Crippen LogP contribution >= 0.6 is 0 Å². The van der Waals surface area contributed by atoms with Gasteiger partial charge in [0.25, 0.3) is 0 Å². The Labute approximate surface area is 125 Å². The third-order valence-corrected chi connectivity index (χ3v) is 3.64. The summed E-state index contributed by atoms with van der Waals surface area (Å²) in [5, 5.41) is 10.4. The zero-order chi connectivity index (χ0) is 15.4. The van der Waals surface area contributed by atoms with Crippen molar-refractivity contribution < 1.29 is 9.50 Å². The molecule has 2 aromatic rings. The minimum absolute atomic E-state index is 0.225. The van der Waals surface area contributed by atoms with E-state index in [4.69, 9.17) is 0 Å². The first kappa shape index (κ1) is 15.7. The largest absolute Gasteiger partial charge is 0.387 e. The van der Waals surface area contributed by atoms with Crippen LogP contribution in [0.4, 0.5) is 4.39 Å². The van der Waals surface area contributed by atoms with Gasteiger partial charge >= 0.3 is 0 Å². The van der Waals surface area contributed by atoms with Crippen LogP contribution in [0.15, 0.2) is 42.5 Å². The number of benzene rings is 2. The van der Waals surface area contributed by atoms with Gasteiger partial charge in [-0.25, -0.2) is 4.39 Å². The number of halogens is 1. The molecule has 2 nitrogen and oxygen atoms in total. The molecule has 2 aromatic carbocycles. The maximum Gasteiger partial charge on any atom is 0.123 e. The van der Waals surface area contributed by atoms with Gasteiger partial charge in [0.15, 0.2) is 0 Å². The lowest BCUT2D eigenvalue weighted by molar-refractivity contribution is 0.123. The van der Waals surface area contributed by atoms with Crippen LogP contribution in [0.25, 0.3) is 0 Å². The minimum atomic E-state index is -0.518. The molecule has 112 valence electrons. The fourth-order valence-corrected chi connectivity index (χ4v) is 2.48. The zero-order valence-corrected chi connectivity index (χ0v) is 12.8. The molecule has 1 unspecified atom stereocenters. The van der Waals surface area contributed by atoms with Crippen LogP contribution in [-0.4, -0.2) is 23.6 Å². The Balaban J connectivity index is 2.00. The van der Waals surface area contributed by atoms with Crippen molar-refractivity contribution in [3.8, 4) is 0 Å². The Morgan fingerprint density at radius 2 is 1.76 bits per heavy atom. The van der Waals surface area contributed by atoms with Crippen molar-refractivity contribution in [2.24, 2.45) is 0 Å². The Kier molecular flexibility index (Phi) is 5.10. The van der Waals surface area contributed by atoms with E-state index in [0.717, 1.165) is 22.3 Å². The molecular weight excluding hydrogens is 265 g/mol. The van der Waals surface area contributed by atoms with Gasteiger partial charge in [-0.15, -0.1) is 0 Å². The molecule has 1 N–H and O–H groups in total. The molecule has 0 radical (unpaired) electrons. The van der Waals surface area contributed by atoms with Crippen LogP contribution < -0.4 is 0 Å². The summed E-state index contributed by atoms with van der Waals surface area (Å²) in [4.78, 5) is 2.04. The fraction of sp³-hybridized carbons (Fsp3) is 0.333. The summed E-state index contributed by atoms with van der Waals surface area (Å²) < 4.78 is 12.9. The monoisotopic (exact) mass is 287 g/mol. The average Bonchev–Trinajstić information content (AvgIpc) is 2.44. The topological polar surface area (TPSA) is 23.5 Å². The van der Waals surface area contributed by atoms with Gasteiger partial charge in [0, 0.05) is 13.1 Å². The molecule has 0 spiro atoms. The number of rotatable bonds is 5. The van der Waals surface area contributed by atoms with Gasteiger partial charge in [-0.05, 0) is 49.7 Å². The molecular formula is C18H22FNO. The number of hydrogen-bond donors (Lipinski definition) is 1. The predicted molar refractivity (Wildman–Crippen MR) is 83.6 cm³/mol. The van der Waals surface area contributed by atoms with E-state index in [0.29, 0.717) is 13.1 Å². The van der Waals surface area contributed by atoms with E-state index in [1.807, 2.05) is 44.0 Å². The first-order valence-corrected chi connectivity index (χ1v) is 7.14. The lowest BCUT2D eigenvalue weighted by atomic mass is 10.0. The van der Waals surface area contributed by atoms with Crippen LogP contribution in [0.3, 0.4) is 0 Å². The summed E-state index contributed by atoms with van der Waals surface area (Å²) in [6.07, 6.45) is -0.518. The Bertz CT molecular complexity index is 595. The fourth-order valence-electron chi connectivity index (χ4n) is 2.48. The molecule has 0 aliphatic heterocycles. The second-order valence-corrected chi connectivity index (χ2v) is 5.70. The molecule has 21 heavy (non-hydrogen) atoms. The highest BCUT2D eigenvalue weighted by Crippen LogP contribution is 2.20. The number of hydrogen-bond acceptors (Lipinski definition) is 2. The first-order chi connectivity index (χ1) is 9.95. The van der Waals surface area contributed by atoms with Crippen LogP contribution in [-0.2, 0) is 6.54 Å². The molecule has 1 atom stereocenters. The number of likely N-dealkylation sites (N-methyl/N-ethyl adjacent to an activating group) is 1. The molecule has 0 aliphatic carbocycles. The quantitative estimate of drug-likeness (QED) is 0.908. The predicted octanol–water partition coefficient (Wildman–Crippen LogP) is 3.61. The molecule has 0 aromatic heterocycles. The Morgan fingerprint density at radius 1 is 1.10 bits per heavy atom. The van der Waals surface area contributed by atoms with Gasteiger partial charge in [-0.3, -0.25) is 4.90 Å². The summed E-state index contributed by atoms with van der Waals surface area (Å²) in [5.74, 6) is -0.225. The summed E-state index contributed by atoms with van der Waals surface area (Å²) in [7, 11) is 1.96. The summed E-state index contributed by atoms with van der Waals surface area (Å²) in [6.45, 7) is 5.26. The highest BCUT2D eigenvalue weighted by molar-refractivity contribution is 5.32. The van der Waals surface area contributed by atoms with Crippen LogP contribution in [0.1, 0.15) is 28.4 Å². The van der Waals surface area contributed by atoms with Crippen LogP contribution in [0.5, 0.6) is 0 Å². The van der Waals surface area contributed by atoms with E-state index in [9.17, 15) is 9.50 Å². The standard InChI is InChI=1S/C18H22FNO/c1-13-4-5-14(2)17(10-13)18(21)12-20(3)11-15-6-8-16(19)9-7-15/h4-10,18,21H,11-12H2,1-3H3. The maximum atomic E-state index is 12.9. The van der Waals surface area contributed by atoms with Crippen LogP contribution in [0, 0.1) is 19.7 Å². The first-order valence-electron chi connectivity index (χ1n) is 7.14. The lowest BCUT2D eigenvalue weighted by Gasteiger charge is -2.22. The smallest absolute Gasteiger partial charge is 0.123 e. The number of aliphatic hydroxyl groups excluding tert-OH is 1. The van der Waals surface area contributed by atoms with Gasteiger partial charge in [0.1, 0.15) is 5.82 Å². The molecule has 3 heteroatoms. The molecule has 0 amide bonds. The van der Waals surface area contributed by atoms with Crippen molar-refractivity contribution >= 4 is 0 Å². The molecule has 0 saturated heterocycles. The Hall–Kier alpha value is -1.71. The summed E-state index contributed by atoms with van der Waals surface area (Å²) in [5.41, 5.74) is 4.26. The van der Waals surface area contributed by atoms with Gasteiger partial charge in [-0.2, -0.15) is 0 Å². The maximum absolute atomic E-state index is 12.9. The number of aliphatic hydroxyl groups is 1. The Morgan fingerprint density at radius 3 is 2.43 bits per heavy atom. The van der Waals surface area contributed by atoms with Gasteiger partial charge in [-0.1, -0.05) is 35.9 Å². The van der Waals surface area contributed by atoms with E-state index >= 15 is 0 Å². The molecule has 0 fully saturated rings. The number of nitrogens with zero attached hydrogens (tertiary/aromatic N) is 1. The second kappa shape index (κ2) is 6.83. The molecule has 0 heterocycles. The highest BCUT2D eigenvalue weighted by Gasteiger charge is 2.13. The van der Waals surface area contributed by atoms with Crippen molar-refractivity contribution in [3.05, 3.63) is 70.5 Å². The van der Waals surface area contributed by atoms with E-state index in [-0.39, 0.29) is 5.82 Å². The van der Waals surface area contributed by atoms with Crippen LogP contribution in [0.2, 0.25) is 0 Å². The molecule has 0 aliphatic rings. The van der Waals surface area contributed by atoms with Gasteiger partial charge in [0.2, 0.25) is 0 Å². The highest BCUT2D eigenvalue weighted by atomic mass is 19.1. The molecule has 2 rings (SSSR count). The van der Waals surface area contributed by atoms with Crippen molar-refractivity contribution in [1.82, 2.24) is 4.90 Å². The van der Waals surface area contributed by atoms with Crippen molar-refractivity contribution in [1.29, 1.82) is 0 Å². The molecule has 0 bridgehead atoms. The average molecular weight is 287 g/mol. The van der Waals surface area contributed by atoms with Gasteiger partial charge in [0.05, 0.1) is 6.10 Å². The van der Waals surface area contributed by atoms with E-state index in [1.165, 1.54) is 12.1 Å². The SMILES string of the molecule is Cc1ccc(C)c(C(O)CN(C)Cc2ccc(F)cc2)c1. The third kappa shape index (κ3) is 4.38. The van der Waals surface area contributed by atoms with E-state index < -0.39 is 6.10 Å². The van der Waals surface area contributed by atoms with Crippen molar-refractivity contribution in [2.45, 2.75) is 26.5 Å². The number of aryl methyl sites for hydroxylation is 2. The minimum Gasteiger partial charge on any atom is -0.387 e. The van der Waals surface area contributed by atoms with E-state index in [1.54, 1.807) is 12.1 Å². The van der Waals surface area contributed by atoms with Crippen molar-refractivity contribution in [2.75, 3.05) is 13.6 Å². The molecule has 0 saturated carbocycles. The summed E-state index contributed by atoms with van der Waals surface area (Å²) in [6, 6.07) is 12.6. The third-order valence-electron chi connectivity index (χ3n) is 3.64. The zero-order valence-electron chi connectivity index (χ0n) is 12.8. The van der Waals surface area contributed by atoms with Crippen molar-refractivity contribution in [3.63, 3.8) is 0 Å². The second-order valence-electron chi connectivity index (χ2n) is 5.70.